The fourth-order valence-electron chi connectivity index (χ4n) is 1.95. The molecule has 112 valence electrons. The van der Waals surface area contributed by atoms with Crippen molar-refractivity contribution in [2.45, 2.75) is 31.1 Å². The number of para-hydroxylation sites is 1. The molecule has 0 unspecified atom stereocenters. The van der Waals surface area contributed by atoms with Crippen molar-refractivity contribution in [1.82, 2.24) is 4.98 Å². The third-order valence-electron chi connectivity index (χ3n) is 2.99. The molecular weight excluding hydrogens is 308 g/mol. The second kappa shape index (κ2) is 5.66. The number of anilines is 1. The summed E-state index contributed by atoms with van der Waals surface area (Å²) in [4.78, 5) is 3.88. The molecule has 0 aliphatic rings. The summed E-state index contributed by atoms with van der Waals surface area (Å²) in [5, 5.41) is 0.254. The Morgan fingerprint density at radius 2 is 1.76 bits per heavy atom. The zero-order chi connectivity index (χ0) is 15.7. The number of nitrogens with zero attached hydrogens (tertiary/aromatic N) is 1. The predicted octanol–water partition coefficient (Wildman–Crippen LogP) is 3.83. The average Bonchev–Trinajstić information content (AvgIpc) is 2.38. The fourth-order valence-corrected chi connectivity index (χ4v) is 3.09. The van der Waals surface area contributed by atoms with Gasteiger partial charge in [-0.2, -0.15) is 0 Å². The maximum atomic E-state index is 12.4. The molecule has 0 fully saturated rings. The third kappa shape index (κ3) is 3.74. The van der Waals surface area contributed by atoms with Crippen LogP contribution < -0.4 is 4.72 Å². The van der Waals surface area contributed by atoms with Gasteiger partial charge in [0.15, 0.2) is 0 Å². The van der Waals surface area contributed by atoms with Crippen molar-refractivity contribution >= 4 is 27.3 Å². The molecule has 0 amide bonds. The predicted molar refractivity (Wildman–Crippen MR) is 85.2 cm³/mol. The first kappa shape index (κ1) is 15.8. The minimum Gasteiger partial charge on any atom is -0.279 e. The summed E-state index contributed by atoms with van der Waals surface area (Å²) in [5.41, 5.74) is 1.33. The summed E-state index contributed by atoms with van der Waals surface area (Å²) in [6.45, 7) is 6.10. The quantitative estimate of drug-likeness (QED) is 0.873. The van der Waals surface area contributed by atoms with Crippen molar-refractivity contribution in [2.24, 2.45) is 0 Å². The van der Waals surface area contributed by atoms with E-state index in [1.54, 1.807) is 12.1 Å². The lowest BCUT2D eigenvalue weighted by atomic mass is 9.86. The van der Waals surface area contributed by atoms with Gasteiger partial charge in [0.1, 0.15) is 10.0 Å². The van der Waals surface area contributed by atoms with Crippen molar-refractivity contribution < 1.29 is 8.42 Å². The highest BCUT2D eigenvalue weighted by molar-refractivity contribution is 7.92. The molecule has 0 saturated carbocycles. The first-order valence-electron chi connectivity index (χ1n) is 6.44. The molecule has 21 heavy (non-hydrogen) atoms. The third-order valence-corrected chi connectivity index (χ3v) is 4.56. The molecule has 0 spiro atoms. The highest BCUT2D eigenvalue weighted by Crippen LogP contribution is 2.30. The van der Waals surface area contributed by atoms with Crippen LogP contribution in [-0.4, -0.2) is 13.4 Å². The summed E-state index contributed by atoms with van der Waals surface area (Å²) in [5.74, 6) is 0. The van der Waals surface area contributed by atoms with Crippen LogP contribution in [0.2, 0.25) is 5.15 Å². The summed E-state index contributed by atoms with van der Waals surface area (Å²) >= 11 is 5.68. The Labute approximate surface area is 130 Å². The van der Waals surface area contributed by atoms with E-state index in [0.29, 0.717) is 5.69 Å². The number of nitrogens with one attached hydrogen (secondary N) is 1. The molecule has 2 rings (SSSR count). The van der Waals surface area contributed by atoms with Gasteiger partial charge in [-0.3, -0.25) is 4.72 Å². The fraction of sp³-hybridized carbons (Fsp3) is 0.267. The zero-order valence-corrected chi connectivity index (χ0v) is 13.7. The van der Waals surface area contributed by atoms with Crippen LogP contribution in [0.3, 0.4) is 0 Å². The monoisotopic (exact) mass is 324 g/mol. The van der Waals surface area contributed by atoms with E-state index >= 15 is 0 Å². The molecule has 1 aromatic heterocycles. The number of hydrogen-bond donors (Lipinski definition) is 1. The smallest absolute Gasteiger partial charge is 0.263 e. The lowest BCUT2D eigenvalue weighted by Crippen LogP contribution is -2.19. The number of aromatic nitrogens is 1. The molecule has 6 heteroatoms. The Bertz CT molecular complexity index is 735. The van der Waals surface area contributed by atoms with Crippen molar-refractivity contribution in [3.63, 3.8) is 0 Å². The van der Waals surface area contributed by atoms with Crippen LogP contribution in [-0.2, 0) is 15.4 Å². The molecule has 1 N–H and O–H groups in total. The SMILES string of the molecule is CC(C)(C)c1ccccc1NS(=O)(=O)c1ccc(Cl)nc1. The second-order valence-corrected chi connectivity index (χ2v) is 7.79. The molecular formula is C15H17ClN2O2S. The molecule has 1 aromatic carbocycles. The van der Waals surface area contributed by atoms with E-state index in [9.17, 15) is 8.42 Å². The van der Waals surface area contributed by atoms with E-state index in [4.69, 9.17) is 11.6 Å². The number of sulfonamides is 1. The zero-order valence-electron chi connectivity index (χ0n) is 12.1. The van der Waals surface area contributed by atoms with Crippen LogP contribution in [0.15, 0.2) is 47.5 Å². The van der Waals surface area contributed by atoms with Crippen LogP contribution in [0.1, 0.15) is 26.3 Å². The number of rotatable bonds is 3. The van der Waals surface area contributed by atoms with Crippen LogP contribution in [0.4, 0.5) is 5.69 Å². The van der Waals surface area contributed by atoms with Crippen molar-refractivity contribution in [1.29, 1.82) is 0 Å². The summed E-state index contributed by atoms with van der Waals surface area (Å²) in [6.07, 6.45) is 1.24. The Morgan fingerprint density at radius 3 is 2.33 bits per heavy atom. The van der Waals surface area contributed by atoms with Gasteiger partial charge in [0, 0.05) is 6.20 Å². The first-order valence-corrected chi connectivity index (χ1v) is 8.30. The van der Waals surface area contributed by atoms with Gasteiger partial charge >= 0.3 is 0 Å². The average molecular weight is 325 g/mol. The number of pyridine rings is 1. The molecule has 1 heterocycles. The van der Waals surface area contributed by atoms with Gasteiger partial charge in [0.25, 0.3) is 10.0 Å². The molecule has 0 aliphatic carbocycles. The Morgan fingerprint density at radius 1 is 1.10 bits per heavy atom. The minimum atomic E-state index is -3.68. The van der Waals surface area contributed by atoms with Crippen LogP contribution in [0, 0.1) is 0 Å². The molecule has 2 aromatic rings. The summed E-state index contributed by atoms with van der Waals surface area (Å²) in [6, 6.07) is 10.2. The lowest BCUT2D eigenvalue weighted by Gasteiger charge is -2.23. The van der Waals surface area contributed by atoms with Crippen molar-refractivity contribution in [2.75, 3.05) is 4.72 Å². The highest BCUT2D eigenvalue weighted by atomic mass is 35.5. The normalized spacial score (nSPS) is 12.2. The molecule has 0 radical (unpaired) electrons. The van der Waals surface area contributed by atoms with E-state index in [2.05, 4.69) is 9.71 Å². The maximum absolute atomic E-state index is 12.4. The van der Waals surface area contributed by atoms with Gasteiger partial charge in [0.05, 0.1) is 5.69 Å². The summed E-state index contributed by atoms with van der Waals surface area (Å²) in [7, 11) is -3.68. The number of hydrogen-bond acceptors (Lipinski definition) is 3. The van der Waals surface area contributed by atoms with Crippen LogP contribution >= 0.6 is 11.6 Å². The number of halogens is 1. The Balaban J connectivity index is 2.40. The minimum absolute atomic E-state index is 0.0793. The van der Waals surface area contributed by atoms with Crippen molar-refractivity contribution in [3.8, 4) is 0 Å². The molecule has 0 aliphatic heterocycles. The highest BCUT2D eigenvalue weighted by Gasteiger charge is 2.21. The van der Waals surface area contributed by atoms with Gasteiger partial charge in [-0.25, -0.2) is 13.4 Å². The van der Waals surface area contributed by atoms with Gasteiger partial charge in [-0.1, -0.05) is 50.6 Å². The largest absolute Gasteiger partial charge is 0.279 e. The Hall–Kier alpha value is -1.59. The van der Waals surface area contributed by atoms with Gasteiger partial charge < -0.3 is 0 Å². The van der Waals surface area contributed by atoms with E-state index in [1.165, 1.54) is 18.3 Å². The van der Waals surface area contributed by atoms with Crippen LogP contribution in [0.5, 0.6) is 0 Å². The first-order chi connectivity index (χ1) is 9.70. The standard InChI is InChI=1S/C15H17ClN2O2S/c1-15(2,3)12-6-4-5-7-13(12)18-21(19,20)11-8-9-14(16)17-10-11/h4-10,18H,1-3H3. The van der Waals surface area contributed by atoms with E-state index in [1.807, 2.05) is 32.9 Å². The Kier molecular flexibility index (Phi) is 4.25. The maximum Gasteiger partial charge on any atom is 0.263 e. The molecule has 0 atom stereocenters. The number of benzene rings is 1. The lowest BCUT2D eigenvalue weighted by molar-refractivity contribution is 0.590. The van der Waals surface area contributed by atoms with E-state index in [0.717, 1.165) is 5.56 Å². The van der Waals surface area contributed by atoms with E-state index in [-0.39, 0.29) is 15.5 Å². The molecule has 4 nitrogen and oxygen atoms in total. The van der Waals surface area contributed by atoms with Crippen molar-refractivity contribution in [3.05, 3.63) is 53.3 Å². The molecule has 0 saturated heterocycles. The van der Waals surface area contributed by atoms with Gasteiger partial charge in [-0.05, 0) is 29.2 Å². The van der Waals surface area contributed by atoms with Gasteiger partial charge in [0.2, 0.25) is 0 Å². The van der Waals surface area contributed by atoms with Crippen LogP contribution in [0.25, 0.3) is 0 Å². The molecule has 0 bridgehead atoms. The van der Waals surface area contributed by atoms with E-state index < -0.39 is 10.0 Å². The summed E-state index contributed by atoms with van der Waals surface area (Å²) < 4.78 is 27.4. The second-order valence-electron chi connectivity index (χ2n) is 5.72. The van der Waals surface area contributed by atoms with Gasteiger partial charge in [-0.15, -0.1) is 0 Å². The topological polar surface area (TPSA) is 59.1 Å².